The molecule has 0 aliphatic rings. The molecule has 2 aromatic heterocycles. The van der Waals surface area contributed by atoms with E-state index < -0.39 is 22.8 Å². The van der Waals surface area contributed by atoms with E-state index in [1.807, 2.05) is 0 Å². The molecule has 47 heavy (non-hydrogen) atoms. The minimum atomic E-state index is -0.840. The summed E-state index contributed by atoms with van der Waals surface area (Å²) >= 11 is 31.2. The third-order valence-electron chi connectivity index (χ3n) is 6.01. The van der Waals surface area contributed by atoms with Crippen LogP contribution in [0.15, 0.2) is 88.8 Å². The lowest BCUT2D eigenvalue weighted by molar-refractivity contribution is -0.387. The first-order chi connectivity index (χ1) is 22.0. The Morgan fingerprint density at radius 2 is 1.21 bits per heavy atom. The smallest absolute Gasteiger partial charge is 0.295 e. The first-order valence-electron chi connectivity index (χ1n) is 12.6. The molecule has 2 unspecified atom stereocenters. The van der Waals surface area contributed by atoms with Crippen molar-refractivity contribution in [2.45, 2.75) is 29.4 Å². The molecule has 5 rings (SSSR count). The number of aromatic nitrogens is 4. The molecular weight excluding hydrogens is 731 g/mol. The molecule has 0 radical (unpaired) electrons. The Hall–Kier alpha value is -4.07. The summed E-state index contributed by atoms with van der Waals surface area (Å²) in [6.07, 6.45) is 0. The minimum Gasteiger partial charge on any atom is -0.301 e. The van der Waals surface area contributed by atoms with Crippen LogP contribution in [-0.4, -0.2) is 25.3 Å². The molecule has 3 aromatic carbocycles. The second-order valence-corrected chi connectivity index (χ2v) is 12.0. The van der Waals surface area contributed by atoms with Gasteiger partial charge in [-0.05, 0) is 60.7 Å². The molecule has 2 heterocycles. The Bertz CT molecular complexity index is 1930. The third kappa shape index (κ3) is 9.27. The maximum Gasteiger partial charge on any atom is 0.295 e. The largest absolute Gasteiger partial charge is 0.301 e. The summed E-state index contributed by atoms with van der Waals surface area (Å²) in [7, 11) is 0. The summed E-state index contributed by atoms with van der Waals surface area (Å²) < 4.78 is 13.3. The molecule has 2 atom stereocenters. The van der Waals surface area contributed by atoms with Crippen LogP contribution in [0.25, 0.3) is 9.69 Å². The van der Waals surface area contributed by atoms with Gasteiger partial charge in [-0.15, -0.1) is 20.4 Å². The molecule has 0 saturated heterocycles. The van der Waals surface area contributed by atoms with E-state index in [4.69, 9.17) is 71.1 Å². The van der Waals surface area contributed by atoms with Crippen LogP contribution in [0.5, 0.6) is 0 Å². The molecule has 0 N–H and O–H groups in total. The van der Waals surface area contributed by atoms with Gasteiger partial charge >= 0.3 is 0 Å². The molecule has 9 nitrogen and oxygen atoms in total. The van der Waals surface area contributed by atoms with Crippen molar-refractivity contribution in [1.82, 2.24) is 20.4 Å². The predicted molar refractivity (Wildman–Crippen MR) is 183 cm³/mol. The van der Waals surface area contributed by atoms with Gasteiger partial charge in [-0.25, -0.2) is 17.5 Å². The van der Waals surface area contributed by atoms with Gasteiger partial charge in [0.25, 0.3) is 17.8 Å². The van der Waals surface area contributed by atoms with Crippen molar-refractivity contribution in [2.75, 3.05) is 0 Å². The minimum absolute atomic E-state index is 0. The first kappa shape index (κ1) is 37.4. The third-order valence-corrected chi connectivity index (χ3v) is 8.52. The van der Waals surface area contributed by atoms with Gasteiger partial charge in [0.05, 0.1) is 47.1 Å². The van der Waals surface area contributed by atoms with Crippen LogP contribution in [0.1, 0.15) is 42.0 Å². The fourth-order valence-electron chi connectivity index (χ4n) is 3.94. The van der Waals surface area contributed by atoms with Crippen molar-refractivity contribution < 1.29 is 9.31 Å². The fraction of sp³-hybridized carbons (Fsp3) is 0.0968. The van der Waals surface area contributed by atoms with Crippen LogP contribution in [0.3, 0.4) is 0 Å². The number of nitrogens with zero attached hydrogens (tertiary/aromatic N) is 7. The van der Waals surface area contributed by atoms with Gasteiger partial charge in [-0.3, -0.25) is 10.1 Å². The van der Waals surface area contributed by atoms with E-state index in [1.165, 1.54) is 6.07 Å². The van der Waals surface area contributed by atoms with Gasteiger partial charge in [-0.2, -0.15) is 0 Å². The molecule has 0 amide bonds. The zero-order valence-electron chi connectivity index (χ0n) is 22.8. The highest BCUT2D eigenvalue weighted by molar-refractivity contribution is 7.99. The Morgan fingerprint density at radius 3 is 1.62 bits per heavy atom. The van der Waals surface area contributed by atoms with Crippen molar-refractivity contribution in [2.24, 2.45) is 0 Å². The van der Waals surface area contributed by atoms with Gasteiger partial charge in [0.2, 0.25) is 0 Å². The number of benzene rings is 3. The van der Waals surface area contributed by atoms with E-state index in [-0.39, 0.29) is 23.2 Å². The maximum atomic E-state index is 13.3. The number of hydrogen-bond acceptors (Lipinski definition) is 7. The highest BCUT2D eigenvalue weighted by Crippen LogP contribution is 2.38. The monoisotopic (exact) mass is 747 g/mol. The van der Waals surface area contributed by atoms with Gasteiger partial charge < -0.3 is 9.69 Å². The molecule has 0 aliphatic heterocycles. The lowest BCUT2D eigenvalue weighted by Crippen LogP contribution is -2.03. The summed E-state index contributed by atoms with van der Waals surface area (Å²) in [5, 5.41) is 29.0. The average Bonchev–Trinajstić information content (AvgIpc) is 3.03. The number of hydrogen-bond donors (Lipinski definition) is 0. The van der Waals surface area contributed by atoms with E-state index in [2.05, 4.69) is 30.1 Å². The summed E-state index contributed by atoms with van der Waals surface area (Å²) in [4.78, 5) is 17.7. The van der Waals surface area contributed by atoms with Crippen LogP contribution in [0.4, 0.5) is 10.1 Å². The lowest BCUT2D eigenvalue weighted by atomic mass is 10.0. The molecule has 16 heteroatoms. The Labute approximate surface area is 298 Å². The predicted octanol–water partition coefficient (Wildman–Crippen LogP) is 11.1. The molecule has 238 valence electrons. The number of rotatable bonds is 7. The lowest BCUT2D eigenvalue weighted by Gasteiger charge is -2.09. The number of nitro groups is 1. The van der Waals surface area contributed by atoms with Crippen LogP contribution >= 0.6 is 69.8 Å². The van der Waals surface area contributed by atoms with E-state index in [1.54, 1.807) is 60.7 Å². The van der Waals surface area contributed by atoms with Crippen LogP contribution in [0.2, 0.25) is 25.2 Å². The molecule has 0 aliphatic carbocycles. The van der Waals surface area contributed by atoms with Crippen molar-refractivity contribution in [1.29, 1.82) is 0 Å². The van der Waals surface area contributed by atoms with Crippen molar-refractivity contribution >= 4 is 75.5 Å². The Morgan fingerprint density at radius 1 is 0.723 bits per heavy atom. The zero-order chi connectivity index (χ0) is 33.4. The molecular formula is C31H19Cl5FN7O2S. The highest BCUT2D eigenvalue weighted by Gasteiger charge is 2.28. The topological polar surface area (TPSA) is 103 Å². The maximum absolute atomic E-state index is 13.3. The number of nitro benzene ring substituents is 1. The molecule has 0 spiro atoms. The van der Waals surface area contributed by atoms with E-state index in [0.29, 0.717) is 47.6 Å². The first-order valence-corrected chi connectivity index (χ1v) is 15.3. The molecule has 0 saturated carbocycles. The van der Waals surface area contributed by atoms with Gasteiger partial charge in [0.1, 0.15) is 22.2 Å². The van der Waals surface area contributed by atoms with Crippen LogP contribution in [-0.2, 0) is 0 Å². The second-order valence-electron chi connectivity index (χ2n) is 8.88. The summed E-state index contributed by atoms with van der Waals surface area (Å²) in [5.41, 5.74) is 1.40. The molecule has 0 fully saturated rings. The van der Waals surface area contributed by atoms with Crippen molar-refractivity contribution in [3.8, 4) is 0 Å². The molecule has 0 bridgehead atoms. The van der Waals surface area contributed by atoms with Crippen molar-refractivity contribution in [3.63, 3.8) is 0 Å². The van der Waals surface area contributed by atoms with E-state index >= 15 is 0 Å². The quantitative estimate of drug-likeness (QED) is 0.0927. The van der Waals surface area contributed by atoms with Gasteiger partial charge in [-0.1, -0.05) is 89.3 Å². The summed E-state index contributed by atoms with van der Waals surface area (Å²) in [6, 6.07) is 18.2. The van der Waals surface area contributed by atoms with E-state index in [0.717, 1.165) is 23.9 Å². The fourth-order valence-corrected chi connectivity index (χ4v) is 6.06. The summed E-state index contributed by atoms with van der Waals surface area (Å²) in [5.74, 6) is -0.700. The average molecular weight is 750 g/mol. The SMILES string of the molecule is C.[C-]#[N+]C(c1ccc(Cl)nn1)c1c(Cl)cccc1Cl.[C-]#[N+]C(c1ccc(Sc2ccc(F)cc2[N+](=O)[O-])nn1)c1c(Cl)cccc1Cl. The van der Waals surface area contributed by atoms with Gasteiger partial charge in [0.15, 0.2) is 5.15 Å². The second kappa shape index (κ2) is 17.2. The van der Waals surface area contributed by atoms with Gasteiger partial charge in [0, 0.05) is 0 Å². The standard InChI is InChI=1S/C18H9Cl2FN4O2S.C12H6Cl3N3.CH4/c1-22-18(17-11(19)3-2-4-12(17)20)13-6-8-16(24-23-13)28-15-7-5-10(21)9-14(15)25(26)27;1-16-12(9-5-6-10(15)18-17-9)11-7(13)3-2-4-8(11)14;/h2-9,18H;2-6,12H;1H4. The zero-order valence-corrected chi connectivity index (χ0v) is 27.4. The van der Waals surface area contributed by atoms with Crippen LogP contribution in [0, 0.1) is 29.1 Å². The highest BCUT2D eigenvalue weighted by atomic mass is 35.5. The van der Waals surface area contributed by atoms with Crippen LogP contribution < -0.4 is 0 Å². The number of halogens is 6. The molecule has 5 aromatic rings. The normalized spacial score (nSPS) is 11.5. The summed E-state index contributed by atoms with van der Waals surface area (Å²) in [6.45, 7) is 14.8. The Balaban J connectivity index is 0.000000274. The van der Waals surface area contributed by atoms with E-state index in [9.17, 15) is 14.5 Å². The Kier molecular flexibility index (Phi) is 13.7. The van der Waals surface area contributed by atoms with Crippen molar-refractivity contribution in [3.05, 3.63) is 165 Å².